The molecule has 0 radical (unpaired) electrons. The monoisotopic (exact) mass is 208 g/mol. The number of allylic oxidation sites excluding steroid dienone is 5. The van der Waals surface area contributed by atoms with E-state index >= 15 is 0 Å². The van der Waals surface area contributed by atoms with Gasteiger partial charge in [-0.3, -0.25) is 4.39 Å². The topological polar surface area (TPSA) is 0 Å². The summed E-state index contributed by atoms with van der Waals surface area (Å²) in [5, 5.41) is 0. The van der Waals surface area contributed by atoms with Crippen molar-refractivity contribution in [3.05, 3.63) is 36.0 Å². The molecule has 0 aromatic carbocycles. The van der Waals surface area contributed by atoms with Crippen LogP contribution in [0.3, 0.4) is 0 Å². The van der Waals surface area contributed by atoms with Crippen LogP contribution < -0.4 is 0 Å². The Labute approximate surface area is 92.6 Å². The normalized spacial score (nSPS) is 21.6. The summed E-state index contributed by atoms with van der Waals surface area (Å²) in [4.78, 5) is 0. The molecule has 0 bridgehead atoms. The first-order valence-electron chi connectivity index (χ1n) is 5.56. The number of hydrogen-bond acceptors (Lipinski definition) is 0. The van der Waals surface area contributed by atoms with Gasteiger partial charge in [-0.05, 0) is 25.2 Å². The van der Waals surface area contributed by atoms with Crippen molar-refractivity contribution < 1.29 is 4.39 Å². The molecular formula is C14H21F. The molecule has 0 saturated carbocycles. The summed E-state index contributed by atoms with van der Waals surface area (Å²) in [6.45, 7) is 9.93. The van der Waals surface area contributed by atoms with E-state index in [2.05, 4.69) is 39.5 Å². The van der Waals surface area contributed by atoms with Gasteiger partial charge in [0.1, 0.15) is 0 Å². The summed E-state index contributed by atoms with van der Waals surface area (Å²) in [6, 6.07) is 0. The predicted octanol–water partition coefficient (Wildman–Crippen LogP) is 4.45. The average molecular weight is 208 g/mol. The molecular weight excluding hydrogens is 187 g/mol. The fourth-order valence-corrected chi connectivity index (χ4v) is 1.89. The Hall–Kier alpha value is -0.850. The van der Waals surface area contributed by atoms with Crippen molar-refractivity contribution in [1.29, 1.82) is 0 Å². The standard InChI is InChI=1S/C14H21F/c1-5-12(10-15)9-13-8-11(2)6-7-14(13,3)4/h5-6,8,12H,1,7,9-10H2,2-4H3. The summed E-state index contributed by atoms with van der Waals surface area (Å²) in [6.07, 6.45) is 8.04. The summed E-state index contributed by atoms with van der Waals surface area (Å²) < 4.78 is 12.6. The van der Waals surface area contributed by atoms with E-state index in [1.165, 1.54) is 11.1 Å². The highest BCUT2D eigenvalue weighted by atomic mass is 19.1. The van der Waals surface area contributed by atoms with E-state index in [-0.39, 0.29) is 18.0 Å². The third-order valence-electron chi connectivity index (χ3n) is 3.22. The van der Waals surface area contributed by atoms with Crippen molar-refractivity contribution in [3.63, 3.8) is 0 Å². The van der Waals surface area contributed by atoms with Gasteiger partial charge in [0.05, 0.1) is 6.67 Å². The maximum atomic E-state index is 12.6. The van der Waals surface area contributed by atoms with E-state index in [9.17, 15) is 4.39 Å². The van der Waals surface area contributed by atoms with Gasteiger partial charge < -0.3 is 0 Å². The van der Waals surface area contributed by atoms with Crippen LogP contribution in [0.25, 0.3) is 0 Å². The molecule has 0 amide bonds. The van der Waals surface area contributed by atoms with Gasteiger partial charge in [-0.1, -0.05) is 43.2 Å². The Morgan fingerprint density at radius 1 is 1.60 bits per heavy atom. The van der Waals surface area contributed by atoms with Crippen LogP contribution in [0.5, 0.6) is 0 Å². The fourth-order valence-electron chi connectivity index (χ4n) is 1.89. The first-order valence-corrected chi connectivity index (χ1v) is 5.56. The molecule has 1 rings (SSSR count). The first-order chi connectivity index (χ1) is 6.99. The van der Waals surface area contributed by atoms with Gasteiger partial charge in [-0.25, -0.2) is 0 Å². The van der Waals surface area contributed by atoms with E-state index in [1.807, 2.05) is 0 Å². The second-order valence-electron chi connectivity index (χ2n) is 5.06. The van der Waals surface area contributed by atoms with Crippen LogP contribution in [0.15, 0.2) is 36.0 Å². The summed E-state index contributed by atoms with van der Waals surface area (Å²) in [5.74, 6) is -0.0265. The highest BCUT2D eigenvalue weighted by Crippen LogP contribution is 2.39. The Morgan fingerprint density at radius 2 is 2.27 bits per heavy atom. The van der Waals surface area contributed by atoms with Gasteiger partial charge in [0.15, 0.2) is 0 Å². The highest BCUT2D eigenvalue weighted by Gasteiger charge is 2.26. The molecule has 0 aromatic rings. The van der Waals surface area contributed by atoms with E-state index in [0.29, 0.717) is 0 Å². The molecule has 1 atom stereocenters. The lowest BCUT2D eigenvalue weighted by Gasteiger charge is -2.32. The average Bonchev–Trinajstić information content (AvgIpc) is 2.19. The molecule has 15 heavy (non-hydrogen) atoms. The van der Waals surface area contributed by atoms with Crippen LogP contribution in [-0.2, 0) is 0 Å². The van der Waals surface area contributed by atoms with Crippen molar-refractivity contribution in [2.75, 3.05) is 6.67 Å². The SMILES string of the molecule is C=CC(CF)CC1=CC(C)=CCC1(C)C. The fraction of sp³-hybridized carbons (Fsp3) is 0.571. The molecule has 1 heteroatoms. The van der Waals surface area contributed by atoms with Gasteiger partial charge >= 0.3 is 0 Å². The van der Waals surface area contributed by atoms with Gasteiger partial charge in [-0.2, -0.15) is 0 Å². The Kier molecular flexibility index (Phi) is 3.90. The van der Waals surface area contributed by atoms with Crippen molar-refractivity contribution in [3.8, 4) is 0 Å². The van der Waals surface area contributed by atoms with Crippen molar-refractivity contribution in [2.24, 2.45) is 11.3 Å². The zero-order chi connectivity index (χ0) is 11.5. The van der Waals surface area contributed by atoms with Gasteiger partial charge in [0.2, 0.25) is 0 Å². The molecule has 0 heterocycles. The molecule has 1 unspecified atom stereocenters. The summed E-state index contributed by atoms with van der Waals surface area (Å²) >= 11 is 0. The van der Waals surface area contributed by atoms with Crippen molar-refractivity contribution >= 4 is 0 Å². The Morgan fingerprint density at radius 3 is 2.80 bits per heavy atom. The van der Waals surface area contributed by atoms with Crippen molar-refractivity contribution in [1.82, 2.24) is 0 Å². The molecule has 0 aromatic heterocycles. The van der Waals surface area contributed by atoms with Crippen LogP contribution in [0.4, 0.5) is 4.39 Å². The number of halogens is 1. The molecule has 1 aliphatic rings. The maximum Gasteiger partial charge on any atom is 0.0959 e. The van der Waals surface area contributed by atoms with Crippen molar-refractivity contribution in [2.45, 2.75) is 33.6 Å². The van der Waals surface area contributed by atoms with E-state index < -0.39 is 0 Å². The largest absolute Gasteiger partial charge is 0.250 e. The highest BCUT2D eigenvalue weighted by molar-refractivity contribution is 5.31. The minimum atomic E-state index is -0.306. The molecule has 0 saturated heterocycles. The van der Waals surface area contributed by atoms with E-state index in [4.69, 9.17) is 0 Å². The molecule has 84 valence electrons. The zero-order valence-electron chi connectivity index (χ0n) is 10.0. The molecule has 0 spiro atoms. The van der Waals surface area contributed by atoms with Gasteiger partial charge in [-0.15, -0.1) is 6.58 Å². The second kappa shape index (κ2) is 4.78. The lowest BCUT2D eigenvalue weighted by Crippen LogP contribution is -2.19. The van der Waals surface area contributed by atoms with Crippen LogP contribution in [-0.4, -0.2) is 6.67 Å². The number of hydrogen-bond donors (Lipinski definition) is 0. The predicted molar refractivity (Wildman–Crippen MR) is 64.5 cm³/mol. The zero-order valence-corrected chi connectivity index (χ0v) is 10.0. The lowest BCUT2D eigenvalue weighted by molar-refractivity contribution is 0.366. The lowest BCUT2D eigenvalue weighted by atomic mass is 9.73. The second-order valence-corrected chi connectivity index (χ2v) is 5.06. The summed E-state index contributed by atoms with van der Waals surface area (Å²) in [7, 11) is 0. The van der Waals surface area contributed by atoms with Gasteiger partial charge in [0, 0.05) is 5.92 Å². The third kappa shape index (κ3) is 3.05. The molecule has 0 fully saturated rings. The van der Waals surface area contributed by atoms with Crippen LogP contribution in [0.2, 0.25) is 0 Å². The summed E-state index contributed by atoms with van der Waals surface area (Å²) in [5.41, 5.74) is 2.83. The molecule has 0 N–H and O–H groups in total. The molecule has 1 aliphatic carbocycles. The quantitative estimate of drug-likeness (QED) is 0.599. The minimum absolute atomic E-state index is 0.0265. The van der Waals surface area contributed by atoms with Gasteiger partial charge in [0.25, 0.3) is 0 Å². The van der Waals surface area contributed by atoms with Crippen LogP contribution in [0.1, 0.15) is 33.6 Å². The smallest absolute Gasteiger partial charge is 0.0959 e. The van der Waals surface area contributed by atoms with E-state index in [1.54, 1.807) is 6.08 Å². The first kappa shape index (κ1) is 12.2. The van der Waals surface area contributed by atoms with Crippen LogP contribution >= 0.6 is 0 Å². The minimum Gasteiger partial charge on any atom is -0.250 e. The third-order valence-corrected chi connectivity index (χ3v) is 3.22. The molecule has 0 aliphatic heterocycles. The Balaban J connectivity index is 2.81. The Bertz CT molecular complexity index is 294. The molecule has 0 nitrogen and oxygen atoms in total. The maximum absolute atomic E-state index is 12.6. The number of rotatable bonds is 4. The van der Waals surface area contributed by atoms with E-state index in [0.717, 1.165) is 12.8 Å². The van der Waals surface area contributed by atoms with Crippen LogP contribution in [0, 0.1) is 11.3 Å². The number of alkyl halides is 1.